The summed E-state index contributed by atoms with van der Waals surface area (Å²) in [5.74, 6) is 2.60. The third-order valence-corrected chi connectivity index (χ3v) is 7.19. The lowest BCUT2D eigenvalue weighted by Gasteiger charge is -2.42. The number of carbonyl (C=O) groups is 2. The predicted molar refractivity (Wildman–Crippen MR) is 135 cm³/mol. The highest BCUT2D eigenvalue weighted by Gasteiger charge is 2.57. The van der Waals surface area contributed by atoms with Crippen molar-refractivity contribution in [3.63, 3.8) is 0 Å². The molecule has 0 unspecified atom stereocenters. The fraction of sp³-hybridized carbons (Fsp3) is 0.481. The van der Waals surface area contributed by atoms with Gasteiger partial charge in [-0.25, -0.2) is 4.79 Å². The van der Waals surface area contributed by atoms with E-state index in [2.05, 4.69) is 4.90 Å². The van der Waals surface area contributed by atoms with Gasteiger partial charge in [-0.15, -0.1) is 0 Å². The molecular formula is C27H35N3O6. The molecule has 3 amide bonds. The van der Waals surface area contributed by atoms with Crippen molar-refractivity contribution in [1.29, 1.82) is 0 Å². The number of nitrogens with zero attached hydrogens (tertiary/aromatic N) is 3. The Morgan fingerprint density at radius 1 is 0.722 bits per heavy atom. The lowest BCUT2D eigenvalue weighted by molar-refractivity contribution is -0.136. The number of hydrogen-bond acceptors (Lipinski definition) is 7. The Bertz CT molecular complexity index is 1070. The molecule has 36 heavy (non-hydrogen) atoms. The van der Waals surface area contributed by atoms with E-state index in [1.165, 1.54) is 4.90 Å². The van der Waals surface area contributed by atoms with E-state index in [0.29, 0.717) is 50.5 Å². The first-order valence-corrected chi connectivity index (χ1v) is 12.2. The number of urea groups is 1. The smallest absolute Gasteiger partial charge is 0.327 e. The van der Waals surface area contributed by atoms with E-state index in [0.717, 1.165) is 22.6 Å². The maximum absolute atomic E-state index is 13.8. The van der Waals surface area contributed by atoms with Crippen molar-refractivity contribution in [2.45, 2.75) is 38.4 Å². The van der Waals surface area contributed by atoms with Gasteiger partial charge in [0.1, 0.15) is 28.5 Å². The first kappa shape index (κ1) is 25.6. The average Bonchev–Trinajstić information content (AvgIpc) is 3.09. The van der Waals surface area contributed by atoms with Crippen LogP contribution in [0.1, 0.15) is 30.9 Å². The van der Waals surface area contributed by atoms with Gasteiger partial charge >= 0.3 is 6.03 Å². The first-order chi connectivity index (χ1) is 17.4. The monoisotopic (exact) mass is 497 g/mol. The molecular weight excluding hydrogens is 462 g/mol. The molecule has 2 aliphatic heterocycles. The molecule has 2 saturated heterocycles. The zero-order chi connectivity index (χ0) is 25.9. The average molecular weight is 498 g/mol. The number of amides is 3. The number of methoxy groups -OCH3 is 4. The molecule has 0 atom stereocenters. The van der Waals surface area contributed by atoms with Crippen LogP contribution in [0.2, 0.25) is 0 Å². The van der Waals surface area contributed by atoms with Crippen LogP contribution >= 0.6 is 0 Å². The summed E-state index contributed by atoms with van der Waals surface area (Å²) in [7, 11) is 6.43. The van der Waals surface area contributed by atoms with Gasteiger partial charge < -0.3 is 23.8 Å². The third-order valence-electron chi connectivity index (χ3n) is 7.19. The van der Waals surface area contributed by atoms with Crippen molar-refractivity contribution in [1.82, 2.24) is 14.7 Å². The summed E-state index contributed by atoms with van der Waals surface area (Å²) in [5.41, 5.74) is 1.06. The maximum Gasteiger partial charge on any atom is 0.327 e. The molecule has 4 rings (SSSR count). The van der Waals surface area contributed by atoms with Crippen molar-refractivity contribution in [2.75, 3.05) is 48.1 Å². The van der Waals surface area contributed by atoms with Crippen molar-refractivity contribution in [3.8, 4) is 23.0 Å². The summed E-state index contributed by atoms with van der Waals surface area (Å²) >= 11 is 0. The number of benzene rings is 2. The standard InChI is InChI=1S/C27H35N3O6/c1-6-30-26(32)29(18-20-13-23(35-4)16-24(14-20)36-5)25(31)27(30)7-9-28(10-8-27)17-19-11-21(33-2)15-22(12-19)34-3/h11-16H,6-10,17-18H2,1-5H3. The van der Waals surface area contributed by atoms with Crippen LogP contribution in [0.15, 0.2) is 36.4 Å². The Balaban J connectivity index is 1.50. The van der Waals surface area contributed by atoms with Gasteiger partial charge in [0.15, 0.2) is 0 Å². The molecule has 1 spiro atoms. The fourth-order valence-electron chi connectivity index (χ4n) is 5.28. The lowest BCUT2D eigenvalue weighted by atomic mass is 9.85. The summed E-state index contributed by atoms with van der Waals surface area (Å²) in [6.07, 6.45) is 1.18. The number of ether oxygens (including phenoxy) is 4. The van der Waals surface area contributed by atoms with Crippen molar-refractivity contribution in [2.24, 2.45) is 0 Å². The second-order valence-electron chi connectivity index (χ2n) is 9.17. The summed E-state index contributed by atoms with van der Waals surface area (Å²) < 4.78 is 21.5. The Hall–Kier alpha value is -3.46. The van der Waals surface area contributed by atoms with E-state index in [-0.39, 0.29) is 18.5 Å². The quantitative estimate of drug-likeness (QED) is 0.490. The molecule has 0 N–H and O–H groups in total. The minimum Gasteiger partial charge on any atom is -0.497 e. The highest BCUT2D eigenvalue weighted by Crippen LogP contribution is 2.39. The molecule has 0 aliphatic carbocycles. The minimum absolute atomic E-state index is 0.126. The summed E-state index contributed by atoms with van der Waals surface area (Å²) in [6, 6.07) is 11.0. The van der Waals surface area contributed by atoms with Gasteiger partial charge in [0.05, 0.1) is 35.0 Å². The maximum atomic E-state index is 13.8. The highest BCUT2D eigenvalue weighted by molar-refractivity contribution is 6.07. The molecule has 9 heteroatoms. The van der Waals surface area contributed by atoms with Crippen LogP contribution in [0.25, 0.3) is 0 Å². The van der Waals surface area contributed by atoms with E-state index in [9.17, 15) is 9.59 Å². The molecule has 194 valence electrons. The first-order valence-electron chi connectivity index (χ1n) is 12.2. The van der Waals surface area contributed by atoms with Gasteiger partial charge in [0.2, 0.25) is 0 Å². The molecule has 2 aliphatic rings. The van der Waals surface area contributed by atoms with Crippen LogP contribution in [0.5, 0.6) is 23.0 Å². The van der Waals surface area contributed by atoms with E-state index < -0.39 is 5.54 Å². The van der Waals surface area contributed by atoms with Crippen LogP contribution in [0.3, 0.4) is 0 Å². The Labute approximate surface area is 212 Å². The zero-order valence-electron chi connectivity index (χ0n) is 21.7. The summed E-state index contributed by atoms with van der Waals surface area (Å²) in [6.45, 7) is 4.71. The van der Waals surface area contributed by atoms with E-state index in [4.69, 9.17) is 18.9 Å². The van der Waals surface area contributed by atoms with Crippen LogP contribution in [0, 0.1) is 0 Å². The number of likely N-dealkylation sites (tertiary alicyclic amines) is 1. The van der Waals surface area contributed by atoms with Crippen LogP contribution < -0.4 is 18.9 Å². The zero-order valence-corrected chi connectivity index (χ0v) is 21.7. The van der Waals surface area contributed by atoms with Crippen molar-refractivity contribution < 1.29 is 28.5 Å². The number of rotatable bonds is 9. The Morgan fingerprint density at radius 3 is 1.58 bits per heavy atom. The van der Waals surface area contributed by atoms with Gasteiger partial charge in [-0.1, -0.05) is 0 Å². The van der Waals surface area contributed by atoms with E-state index in [1.807, 2.05) is 37.3 Å². The molecule has 0 bridgehead atoms. The van der Waals surface area contributed by atoms with Crippen molar-refractivity contribution in [3.05, 3.63) is 47.5 Å². The number of imide groups is 1. The lowest BCUT2D eigenvalue weighted by Crippen LogP contribution is -2.56. The Kier molecular flexibility index (Phi) is 7.59. The molecule has 2 fully saturated rings. The second-order valence-corrected chi connectivity index (χ2v) is 9.17. The number of hydrogen-bond donors (Lipinski definition) is 0. The van der Waals surface area contributed by atoms with E-state index >= 15 is 0 Å². The van der Waals surface area contributed by atoms with Gasteiger partial charge in [-0.2, -0.15) is 0 Å². The normalized spacial score (nSPS) is 17.6. The SMILES string of the molecule is CCN1C(=O)N(Cc2cc(OC)cc(OC)c2)C(=O)C12CCN(Cc1cc(OC)cc(OC)c1)CC2. The molecule has 2 heterocycles. The van der Waals surface area contributed by atoms with Crippen molar-refractivity contribution >= 4 is 11.9 Å². The Morgan fingerprint density at radius 2 is 1.17 bits per heavy atom. The number of carbonyl (C=O) groups excluding carboxylic acids is 2. The largest absolute Gasteiger partial charge is 0.497 e. The molecule has 2 aromatic carbocycles. The van der Waals surface area contributed by atoms with E-state index in [1.54, 1.807) is 39.4 Å². The van der Waals surface area contributed by atoms with Gasteiger partial charge in [0, 0.05) is 38.3 Å². The van der Waals surface area contributed by atoms with Gasteiger partial charge in [0.25, 0.3) is 5.91 Å². The van der Waals surface area contributed by atoms with Crippen LogP contribution in [-0.2, 0) is 17.9 Å². The summed E-state index contributed by atoms with van der Waals surface area (Å²) in [5, 5.41) is 0. The fourth-order valence-corrected chi connectivity index (χ4v) is 5.28. The molecule has 0 saturated carbocycles. The molecule has 0 aromatic heterocycles. The van der Waals surface area contributed by atoms with Crippen LogP contribution in [0.4, 0.5) is 4.79 Å². The summed E-state index contributed by atoms with van der Waals surface area (Å²) in [4.78, 5) is 32.6. The predicted octanol–water partition coefficient (Wildman–Crippen LogP) is 3.54. The highest BCUT2D eigenvalue weighted by atomic mass is 16.5. The van der Waals surface area contributed by atoms with Gasteiger partial charge in [-0.05, 0) is 55.2 Å². The molecule has 9 nitrogen and oxygen atoms in total. The number of piperidine rings is 1. The molecule has 0 radical (unpaired) electrons. The third kappa shape index (κ3) is 4.80. The van der Waals surface area contributed by atoms with Gasteiger partial charge in [-0.3, -0.25) is 14.6 Å². The second kappa shape index (κ2) is 10.7. The minimum atomic E-state index is -0.808. The topological polar surface area (TPSA) is 80.8 Å². The van der Waals surface area contributed by atoms with Crippen LogP contribution in [-0.4, -0.2) is 80.3 Å². The molecule has 2 aromatic rings. The number of likely N-dealkylation sites (N-methyl/N-ethyl adjacent to an activating group) is 1.